The number of aryl methyl sites for hydroxylation is 1. The van der Waals surface area contributed by atoms with E-state index in [-0.39, 0.29) is 16.7 Å². The van der Waals surface area contributed by atoms with Gasteiger partial charge < -0.3 is 10.1 Å². The van der Waals surface area contributed by atoms with Crippen LogP contribution >= 0.6 is 0 Å². The third kappa shape index (κ3) is 5.40. The number of piperidine rings is 1. The lowest BCUT2D eigenvalue weighted by atomic mass is 10.1. The molecular weight excluding hydrogens is 424 g/mol. The summed E-state index contributed by atoms with van der Waals surface area (Å²) in [4.78, 5) is 12.9. The molecule has 2 aromatic rings. The first-order valence-electron chi connectivity index (χ1n) is 11.3. The number of hydrogen-bond acceptors (Lipinski definition) is 4. The smallest absolute Gasteiger partial charge is 0.243 e. The Morgan fingerprint density at radius 3 is 2.66 bits per heavy atom. The van der Waals surface area contributed by atoms with Crippen molar-refractivity contribution < 1.29 is 17.9 Å². The van der Waals surface area contributed by atoms with Crippen LogP contribution in [0.2, 0.25) is 0 Å². The molecule has 1 fully saturated rings. The number of carbonyl (C=O) groups excluding carboxylic acids is 1. The zero-order valence-corrected chi connectivity index (χ0v) is 19.2. The van der Waals surface area contributed by atoms with E-state index in [9.17, 15) is 13.2 Å². The van der Waals surface area contributed by atoms with Crippen molar-refractivity contribution in [3.8, 4) is 11.5 Å². The highest BCUT2D eigenvalue weighted by Crippen LogP contribution is 2.34. The summed E-state index contributed by atoms with van der Waals surface area (Å²) >= 11 is 0. The van der Waals surface area contributed by atoms with Gasteiger partial charge in [0.1, 0.15) is 5.75 Å². The summed E-state index contributed by atoms with van der Waals surface area (Å²) in [5, 5.41) is 2.91. The van der Waals surface area contributed by atoms with E-state index in [0.29, 0.717) is 36.7 Å². The van der Waals surface area contributed by atoms with Gasteiger partial charge in [0.2, 0.25) is 15.9 Å². The lowest BCUT2D eigenvalue weighted by molar-refractivity contribution is -0.116. The van der Waals surface area contributed by atoms with Crippen LogP contribution in [0.4, 0.5) is 5.69 Å². The van der Waals surface area contributed by atoms with Crippen LogP contribution in [0, 0.1) is 12.8 Å². The average molecular weight is 455 g/mol. The molecule has 0 aromatic heterocycles. The molecule has 1 unspecified atom stereocenters. The number of sulfonamides is 1. The minimum Gasteiger partial charge on any atom is -0.455 e. The zero-order chi connectivity index (χ0) is 22.6. The van der Waals surface area contributed by atoms with E-state index in [1.807, 2.05) is 31.2 Å². The fraction of sp³-hybridized carbons (Fsp3) is 0.400. The van der Waals surface area contributed by atoms with E-state index in [1.54, 1.807) is 12.1 Å². The van der Waals surface area contributed by atoms with Crippen molar-refractivity contribution >= 4 is 21.6 Å². The highest BCUT2D eigenvalue weighted by atomic mass is 32.2. The van der Waals surface area contributed by atoms with E-state index in [1.165, 1.54) is 10.4 Å². The number of nitrogens with zero attached hydrogens (tertiary/aromatic N) is 1. The summed E-state index contributed by atoms with van der Waals surface area (Å²) < 4.78 is 33.9. The largest absolute Gasteiger partial charge is 0.455 e. The van der Waals surface area contributed by atoms with Gasteiger partial charge in [0.25, 0.3) is 0 Å². The van der Waals surface area contributed by atoms with Crippen LogP contribution in [0.3, 0.4) is 0 Å². The van der Waals surface area contributed by atoms with Crippen LogP contribution in [-0.2, 0) is 14.8 Å². The molecule has 1 aliphatic heterocycles. The van der Waals surface area contributed by atoms with E-state index >= 15 is 0 Å². The summed E-state index contributed by atoms with van der Waals surface area (Å²) in [6.45, 7) is 3.03. The van der Waals surface area contributed by atoms with Gasteiger partial charge in [-0.1, -0.05) is 30.7 Å². The molecular formula is C25H30N2O4S. The van der Waals surface area contributed by atoms with Gasteiger partial charge in [-0.2, -0.15) is 4.31 Å². The summed E-state index contributed by atoms with van der Waals surface area (Å²) in [6.07, 6.45) is 9.26. The minimum absolute atomic E-state index is 0.150. The molecule has 1 heterocycles. The summed E-state index contributed by atoms with van der Waals surface area (Å²) in [6, 6.07) is 12.3. The minimum atomic E-state index is -3.62. The predicted molar refractivity (Wildman–Crippen MR) is 125 cm³/mol. The summed E-state index contributed by atoms with van der Waals surface area (Å²) in [5.41, 5.74) is 1.42. The number of allylic oxidation sites excluding steroid dienone is 2. The fourth-order valence-corrected chi connectivity index (χ4v) is 5.76. The summed E-state index contributed by atoms with van der Waals surface area (Å²) in [7, 11) is -3.62. The van der Waals surface area contributed by atoms with Gasteiger partial charge in [-0.05, 0) is 74.4 Å². The molecule has 1 aliphatic carbocycles. The maximum absolute atomic E-state index is 13.2. The quantitative estimate of drug-likeness (QED) is 0.579. The van der Waals surface area contributed by atoms with Crippen LogP contribution in [0.25, 0.3) is 0 Å². The lowest BCUT2D eigenvalue weighted by Gasteiger charge is -2.26. The topological polar surface area (TPSA) is 75.7 Å². The molecule has 1 atom stereocenters. The van der Waals surface area contributed by atoms with E-state index < -0.39 is 10.0 Å². The van der Waals surface area contributed by atoms with Crippen molar-refractivity contribution in [3.63, 3.8) is 0 Å². The number of hydrogen-bond donors (Lipinski definition) is 1. The predicted octanol–water partition coefficient (Wildman–Crippen LogP) is 5.26. The van der Waals surface area contributed by atoms with E-state index in [0.717, 1.165) is 37.7 Å². The van der Waals surface area contributed by atoms with Crippen LogP contribution < -0.4 is 10.1 Å². The second-order valence-corrected chi connectivity index (χ2v) is 10.5. The van der Waals surface area contributed by atoms with Gasteiger partial charge in [0.15, 0.2) is 5.75 Å². The second kappa shape index (κ2) is 9.88. The highest BCUT2D eigenvalue weighted by Gasteiger charge is 2.27. The van der Waals surface area contributed by atoms with Crippen molar-refractivity contribution in [1.29, 1.82) is 0 Å². The maximum atomic E-state index is 13.2. The molecule has 0 bridgehead atoms. The van der Waals surface area contributed by atoms with Gasteiger partial charge in [0, 0.05) is 19.5 Å². The molecule has 2 aromatic carbocycles. The average Bonchev–Trinajstić information content (AvgIpc) is 3.28. The number of benzene rings is 2. The van der Waals surface area contributed by atoms with Gasteiger partial charge in [-0.25, -0.2) is 8.42 Å². The molecule has 0 radical (unpaired) electrons. The number of carbonyl (C=O) groups is 1. The van der Waals surface area contributed by atoms with Crippen LogP contribution in [-0.4, -0.2) is 31.7 Å². The van der Waals surface area contributed by atoms with Crippen LogP contribution in [0.1, 0.15) is 44.1 Å². The standard InChI is InChI=1S/C25H30N2O4S/c1-19-8-7-11-21(16-19)31-24-13-12-22(32(29,30)27-14-5-2-6-15-27)18-23(24)26-25(28)17-20-9-3-4-10-20/h3,7-9,11-13,16,18,20H,2,4-6,10,14-15,17H2,1H3,(H,26,28). The van der Waals surface area contributed by atoms with Gasteiger partial charge in [-0.15, -0.1) is 0 Å². The third-order valence-electron chi connectivity index (χ3n) is 5.96. The van der Waals surface area contributed by atoms with Crippen molar-refractivity contribution in [2.45, 2.75) is 50.3 Å². The Labute approximate surface area is 190 Å². The first kappa shape index (κ1) is 22.6. The molecule has 4 rings (SSSR count). The van der Waals surface area contributed by atoms with E-state index in [4.69, 9.17) is 4.74 Å². The molecule has 1 amide bonds. The Morgan fingerprint density at radius 1 is 1.12 bits per heavy atom. The van der Waals surface area contributed by atoms with Crippen molar-refractivity contribution in [1.82, 2.24) is 4.31 Å². The molecule has 0 saturated carbocycles. The molecule has 0 spiro atoms. The van der Waals surface area contributed by atoms with Crippen molar-refractivity contribution in [2.24, 2.45) is 5.92 Å². The van der Waals surface area contributed by atoms with Crippen molar-refractivity contribution in [3.05, 3.63) is 60.2 Å². The van der Waals surface area contributed by atoms with Crippen LogP contribution in [0.5, 0.6) is 11.5 Å². The van der Waals surface area contributed by atoms with Gasteiger partial charge in [-0.3, -0.25) is 4.79 Å². The number of ether oxygens (including phenoxy) is 1. The monoisotopic (exact) mass is 454 g/mol. The molecule has 170 valence electrons. The third-order valence-corrected chi connectivity index (χ3v) is 7.85. The molecule has 2 aliphatic rings. The SMILES string of the molecule is Cc1cccc(Oc2ccc(S(=O)(=O)N3CCCCC3)cc2NC(=O)CC2C=CCC2)c1. The van der Waals surface area contributed by atoms with Gasteiger partial charge >= 0.3 is 0 Å². The Kier molecular flexibility index (Phi) is 6.96. The van der Waals surface area contributed by atoms with Crippen LogP contribution in [0.15, 0.2) is 59.5 Å². The van der Waals surface area contributed by atoms with Crippen molar-refractivity contribution in [2.75, 3.05) is 18.4 Å². The number of anilines is 1. The van der Waals surface area contributed by atoms with Gasteiger partial charge in [0.05, 0.1) is 10.6 Å². The normalized spacial score (nSPS) is 19.1. The zero-order valence-electron chi connectivity index (χ0n) is 18.4. The number of rotatable bonds is 7. The molecule has 6 nitrogen and oxygen atoms in total. The highest BCUT2D eigenvalue weighted by molar-refractivity contribution is 7.89. The van der Waals surface area contributed by atoms with E-state index in [2.05, 4.69) is 17.5 Å². The Bertz CT molecular complexity index is 1100. The molecule has 32 heavy (non-hydrogen) atoms. The fourth-order valence-electron chi connectivity index (χ4n) is 4.22. The molecule has 7 heteroatoms. The Balaban J connectivity index is 1.62. The Hall–Kier alpha value is -2.64. The Morgan fingerprint density at radius 2 is 1.94 bits per heavy atom. The number of amides is 1. The maximum Gasteiger partial charge on any atom is 0.243 e. The first-order chi connectivity index (χ1) is 15.4. The summed E-state index contributed by atoms with van der Waals surface area (Å²) in [5.74, 6) is 1.12. The second-order valence-electron chi connectivity index (χ2n) is 8.56. The lowest BCUT2D eigenvalue weighted by Crippen LogP contribution is -2.35. The molecule has 1 saturated heterocycles. The molecule has 1 N–H and O–H groups in total. The number of nitrogens with one attached hydrogen (secondary N) is 1. The first-order valence-corrected chi connectivity index (χ1v) is 12.7.